The summed E-state index contributed by atoms with van der Waals surface area (Å²) < 4.78 is 7.59. The lowest BCUT2D eigenvalue weighted by molar-refractivity contribution is 0.0526. The van der Waals surface area contributed by atoms with Gasteiger partial charge in [-0.3, -0.25) is 4.98 Å². The molecule has 1 amide bonds. The number of anilines is 1. The van der Waals surface area contributed by atoms with Crippen molar-refractivity contribution in [2.24, 2.45) is 11.8 Å². The molecule has 3 heterocycles. The predicted octanol–water partition coefficient (Wildman–Crippen LogP) is 6.73. The first-order valence-electron chi connectivity index (χ1n) is 13.6. The molecule has 0 bridgehead atoms. The SMILES string of the molecule is CC1CCC(C(C)n2c(N[C@H](C)CNC(=O)OC(C)(C)C)nc3cc(C#N)nc(-c4cncc(Cl)c4)c32)CC1. The van der Waals surface area contributed by atoms with Crippen LogP contribution in [-0.2, 0) is 4.74 Å². The van der Waals surface area contributed by atoms with Crippen LogP contribution in [0.4, 0.5) is 10.7 Å². The minimum atomic E-state index is -0.571. The highest BCUT2D eigenvalue weighted by Gasteiger charge is 2.29. The molecule has 3 aromatic rings. The molecular formula is C29H38ClN7O2. The molecule has 2 N–H and O–H groups in total. The second-order valence-corrected chi connectivity index (χ2v) is 12.2. The standard InChI is InChI=1S/C29H38ClN7O2/c1-17-7-9-20(10-8-17)19(3)37-26-24(12-23(13-31)35-25(26)21-11-22(30)16-32-15-21)36-27(37)34-18(2)14-33-28(38)39-29(4,5)6/h11-12,15-20H,7-10,14H2,1-6H3,(H,33,38)(H,34,36)/t17?,18-,19?,20?/m1/s1. The number of imidazole rings is 1. The number of nitrogens with zero attached hydrogens (tertiary/aromatic N) is 5. The van der Waals surface area contributed by atoms with Crippen LogP contribution in [0.2, 0.25) is 5.02 Å². The van der Waals surface area contributed by atoms with Crippen LogP contribution in [0.15, 0.2) is 24.5 Å². The molecule has 39 heavy (non-hydrogen) atoms. The van der Waals surface area contributed by atoms with E-state index >= 15 is 0 Å². The summed E-state index contributed by atoms with van der Waals surface area (Å²) in [4.78, 5) is 26.1. The van der Waals surface area contributed by atoms with E-state index in [4.69, 9.17) is 26.3 Å². The van der Waals surface area contributed by atoms with E-state index in [0.717, 1.165) is 29.8 Å². The number of amides is 1. The minimum Gasteiger partial charge on any atom is -0.444 e. The number of alkyl carbamates (subject to hydrolysis) is 1. The Kier molecular flexibility index (Phi) is 8.65. The van der Waals surface area contributed by atoms with Gasteiger partial charge in [-0.05, 0) is 65.4 Å². The Bertz CT molecular complexity index is 1370. The summed E-state index contributed by atoms with van der Waals surface area (Å²) in [7, 11) is 0. The van der Waals surface area contributed by atoms with Crippen molar-refractivity contribution in [3.05, 3.63) is 35.2 Å². The normalized spacial score (nSPS) is 19.2. The zero-order valence-corrected chi connectivity index (χ0v) is 24.3. The van der Waals surface area contributed by atoms with Gasteiger partial charge < -0.3 is 19.9 Å². The molecule has 0 saturated heterocycles. The van der Waals surface area contributed by atoms with Crippen molar-refractivity contribution in [3.8, 4) is 17.3 Å². The van der Waals surface area contributed by atoms with Gasteiger partial charge in [0, 0.05) is 42.7 Å². The van der Waals surface area contributed by atoms with Crippen LogP contribution in [-0.4, -0.2) is 43.8 Å². The van der Waals surface area contributed by atoms with Crippen LogP contribution in [0.25, 0.3) is 22.3 Å². The van der Waals surface area contributed by atoms with Gasteiger partial charge in [-0.1, -0.05) is 31.4 Å². The highest BCUT2D eigenvalue weighted by atomic mass is 35.5. The third-order valence-corrected chi connectivity index (χ3v) is 7.44. The number of aromatic nitrogens is 4. The topological polar surface area (TPSA) is 118 Å². The number of hydrogen-bond acceptors (Lipinski definition) is 7. The average Bonchev–Trinajstić information content (AvgIpc) is 3.23. The fourth-order valence-electron chi connectivity index (χ4n) is 5.22. The van der Waals surface area contributed by atoms with Gasteiger partial charge in [0.25, 0.3) is 0 Å². The maximum atomic E-state index is 12.2. The second kappa shape index (κ2) is 11.8. The van der Waals surface area contributed by atoms with Gasteiger partial charge >= 0.3 is 6.09 Å². The molecule has 1 aliphatic carbocycles. The lowest BCUT2D eigenvalue weighted by Gasteiger charge is -2.33. The number of nitrogens with one attached hydrogen (secondary N) is 2. The van der Waals surface area contributed by atoms with E-state index < -0.39 is 11.7 Å². The molecule has 0 spiro atoms. The van der Waals surface area contributed by atoms with Crippen molar-refractivity contribution in [2.45, 2.75) is 84.9 Å². The van der Waals surface area contributed by atoms with E-state index in [1.165, 1.54) is 12.8 Å². The molecule has 1 fully saturated rings. The summed E-state index contributed by atoms with van der Waals surface area (Å²) in [5.74, 6) is 1.87. The quantitative estimate of drug-likeness (QED) is 0.334. The maximum Gasteiger partial charge on any atom is 0.407 e. The maximum absolute atomic E-state index is 12.2. The van der Waals surface area contributed by atoms with Crippen LogP contribution in [0.5, 0.6) is 0 Å². The fourth-order valence-corrected chi connectivity index (χ4v) is 5.39. The number of fused-ring (bicyclic) bond motifs is 1. The van der Waals surface area contributed by atoms with Gasteiger partial charge in [0.15, 0.2) is 0 Å². The molecule has 1 saturated carbocycles. The molecular weight excluding hydrogens is 514 g/mol. The smallest absolute Gasteiger partial charge is 0.407 e. The van der Waals surface area contributed by atoms with Crippen LogP contribution in [0, 0.1) is 23.2 Å². The van der Waals surface area contributed by atoms with E-state index in [1.54, 1.807) is 18.5 Å². The van der Waals surface area contributed by atoms with E-state index in [-0.39, 0.29) is 17.8 Å². The summed E-state index contributed by atoms with van der Waals surface area (Å²) >= 11 is 6.30. The highest BCUT2D eigenvalue weighted by molar-refractivity contribution is 6.30. The summed E-state index contributed by atoms with van der Waals surface area (Å²) in [6, 6.07) is 5.67. The minimum absolute atomic E-state index is 0.122. The molecule has 10 heteroatoms. The van der Waals surface area contributed by atoms with Gasteiger partial charge in [0.1, 0.15) is 17.4 Å². The third-order valence-electron chi connectivity index (χ3n) is 7.24. The Morgan fingerprint density at radius 3 is 2.56 bits per heavy atom. The van der Waals surface area contributed by atoms with Crippen LogP contribution >= 0.6 is 11.6 Å². The van der Waals surface area contributed by atoms with E-state index in [1.807, 2.05) is 33.8 Å². The number of hydrogen-bond donors (Lipinski definition) is 2. The molecule has 1 aliphatic rings. The number of halogens is 1. The van der Waals surface area contributed by atoms with Gasteiger partial charge in [-0.15, -0.1) is 0 Å². The molecule has 0 radical (unpaired) electrons. The number of ether oxygens (including phenoxy) is 1. The first-order chi connectivity index (χ1) is 18.4. The van der Waals surface area contributed by atoms with Gasteiger partial charge in [0.05, 0.1) is 21.7 Å². The van der Waals surface area contributed by atoms with Crippen molar-refractivity contribution >= 4 is 34.7 Å². The summed E-state index contributed by atoms with van der Waals surface area (Å²) in [6.45, 7) is 12.4. The van der Waals surface area contributed by atoms with Crippen molar-refractivity contribution in [1.29, 1.82) is 5.26 Å². The van der Waals surface area contributed by atoms with Crippen LogP contribution in [0.3, 0.4) is 0 Å². The third kappa shape index (κ3) is 6.99. The van der Waals surface area contributed by atoms with Crippen molar-refractivity contribution < 1.29 is 9.53 Å². The summed E-state index contributed by atoms with van der Waals surface area (Å²) in [6.07, 6.45) is 7.48. The van der Waals surface area contributed by atoms with Crippen molar-refractivity contribution in [3.63, 3.8) is 0 Å². The number of carbonyl (C=O) groups is 1. The first kappa shape index (κ1) is 28.6. The lowest BCUT2D eigenvalue weighted by Crippen LogP contribution is -2.38. The van der Waals surface area contributed by atoms with Gasteiger partial charge in [0.2, 0.25) is 5.95 Å². The largest absolute Gasteiger partial charge is 0.444 e. The molecule has 3 aromatic heterocycles. The molecule has 4 rings (SSSR count). The summed E-state index contributed by atoms with van der Waals surface area (Å²) in [5, 5.41) is 16.6. The van der Waals surface area contributed by atoms with E-state index in [9.17, 15) is 10.1 Å². The monoisotopic (exact) mass is 551 g/mol. The Balaban J connectivity index is 1.76. The predicted molar refractivity (Wildman–Crippen MR) is 154 cm³/mol. The Labute approximate surface area is 235 Å². The molecule has 208 valence electrons. The molecule has 0 aliphatic heterocycles. The van der Waals surface area contributed by atoms with Crippen LogP contribution < -0.4 is 10.6 Å². The number of pyridine rings is 2. The van der Waals surface area contributed by atoms with Crippen molar-refractivity contribution in [1.82, 2.24) is 24.8 Å². The zero-order chi connectivity index (χ0) is 28.3. The van der Waals surface area contributed by atoms with Crippen LogP contribution in [0.1, 0.15) is 79.0 Å². The Morgan fingerprint density at radius 2 is 1.92 bits per heavy atom. The molecule has 9 nitrogen and oxygen atoms in total. The van der Waals surface area contributed by atoms with Gasteiger partial charge in [-0.25, -0.2) is 14.8 Å². The number of nitriles is 1. The lowest BCUT2D eigenvalue weighted by atomic mass is 9.79. The Morgan fingerprint density at radius 1 is 1.21 bits per heavy atom. The first-order valence-corrected chi connectivity index (χ1v) is 14.0. The summed E-state index contributed by atoms with van der Waals surface area (Å²) in [5.41, 5.74) is 2.55. The second-order valence-electron chi connectivity index (χ2n) is 11.7. The van der Waals surface area contributed by atoms with E-state index in [2.05, 4.69) is 40.1 Å². The molecule has 1 unspecified atom stereocenters. The fraction of sp³-hybridized carbons (Fsp3) is 0.552. The molecule has 0 aromatic carbocycles. The molecule has 2 atom stereocenters. The average molecular weight is 552 g/mol. The van der Waals surface area contributed by atoms with Crippen molar-refractivity contribution in [2.75, 3.05) is 11.9 Å². The zero-order valence-electron chi connectivity index (χ0n) is 23.6. The Hall–Kier alpha value is -3.38. The van der Waals surface area contributed by atoms with E-state index in [0.29, 0.717) is 34.6 Å². The van der Waals surface area contributed by atoms with Gasteiger partial charge in [-0.2, -0.15) is 5.26 Å². The number of rotatable bonds is 7. The number of carbonyl (C=O) groups excluding carboxylic acids is 1. The highest BCUT2D eigenvalue weighted by Crippen LogP contribution is 2.40.